The van der Waals surface area contributed by atoms with E-state index in [-0.39, 0.29) is 12.2 Å². The number of carbonyl (C=O) groups excluding carboxylic acids is 3. The zero-order valence-electron chi connectivity index (χ0n) is 15.5. The molecule has 1 heterocycles. The summed E-state index contributed by atoms with van der Waals surface area (Å²) in [5, 5.41) is 13.3. The maximum atomic E-state index is 12.6. The fourth-order valence-electron chi connectivity index (χ4n) is 2.57. The zero-order chi connectivity index (χ0) is 20.1. The van der Waals surface area contributed by atoms with Crippen LogP contribution in [0.3, 0.4) is 0 Å². The van der Waals surface area contributed by atoms with Gasteiger partial charge in [-0.2, -0.15) is 0 Å². The number of aliphatic carboxylic acids is 1. The van der Waals surface area contributed by atoms with Crippen molar-refractivity contribution in [2.75, 3.05) is 11.9 Å². The van der Waals surface area contributed by atoms with E-state index in [2.05, 4.69) is 5.32 Å². The van der Waals surface area contributed by atoms with Gasteiger partial charge in [0.1, 0.15) is 10.6 Å². The van der Waals surface area contributed by atoms with Crippen LogP contribution in [0.4, 0.5) is 5.00 Å². The minimum Gasteiger partial charge on any atom is -0.545 e. The van der Waals surface area contributed by atoms with E-state index >= 15 is 0 Å². The highest BCUT2D eigenvalue weighted by atomic mass is 32.1. The number of hydrogen-bond acceptors (Lipinski definition) is 6. The van der Waals surface area contributed by atoms with E-state index in [0.717, 1.165) is 27.6 Å². The van der Waals surface area contributed by atoms with Gasteiger partial charge in [0.05, 0.1) is 12.6 Å². The van der Waals surface area contributed by atoms with Gasteiger partial charge in [0.2, 0.25) is 5.91 Å². The molecular formula is C20H20NO5S-. The van der Waals surface area contributed by atoms with Gasteiger partial charge in [-0.05, 0) is 50.5 Å². The minimum absolute atomic E-state index is 0.193. The van der Waals surface area contributed by atoms with Gasteiger partial charge in [-0.3, -0.25) is 4.79 Å². The highest BCUT2D eigenvalue weighted by Gasteiger charge is 2.25. The van der Waals surface area contributed by atoms with Gasteiger partial charge >= 0.3 is 5.97 Å². The zero-order valence-corrected chi connectivity index (χ0v) is 16.4. The lowest BCUT2D eigenvalue weighted by Gasteiger charge is -2.10. The molecule has 0 spiro atoms. The first kappa shape index (κ1) is 20.4. The van der Waals surface area contributed by atoms with Gasteiger partial charge < -0.3 is 20.0 Å². The number of anilines is 1. The normalized spacial score (nSPS) is 10.8. The Hall–Kier alpha value is -2.93. The number of nitrogens with one attached hydrogen (secondary N) is 1. The summed E-state index contributed by atoms with van der Waals surface area (Å²) in [4.78, 5) is 35.9. The molecule has 0 fully saturated rings. The second-order valence-electron chi connectivity index (χ2n) is 5.90. The smallest absolute Gasteiger partial charge is 0.341 e. The van der Waals surface area contributed by atoms with E-state index < -0.39 is 17.8 Å². The number of carbonyl (C=O) groups is 3. The average Bonchev–Trinajstić information content (AvgIpc) is 2.91. The van der Waals surface area contributed by atoms with E-state index in [1.807, 2.05) is 39.0 Å². The van der Waals surface area contributed by atoms with E-state index in [1.165, 1.54) is 11.3 Å². The Morgan fingerprint density at radius 3 is 2.44 bits per heavy atom. The quantitative estimate of drug-likeness (QED) is 0.608. The lowest BCUT2D eigenvalue weighted by atomic mass is 9.97. The number of aryl methyl sites for hydroxylation is 3. The van der Waals surface area contributed by atoms with Crippen LogP contribution in [-0.2, 0) is 14.3 Å². The molecule has 0 saturated carbocycles. The van der Waals surface area contributed by atoms with Crippen LogP contribution in [-0.4, -0.2) is 24.5 Å². The maximum Gasteiger partial charge on any atom is 0.341 e. The van der Waals surface area contributed by atoms with Crippen molar-refractivity contribution in [2.24, 2.45) is 0 Å². The molecule has 7 heteroatoms. The molecule has 0 atom stereocenters. The molecule has 142 valence electrons. The van der Waals surface area contributed by atoms with Crippen LogP contribution in [0.1, 0.15) is 33.3 Å². The van der Waals surface area contributed by atoms with Crippen molar-refractivity contribution >= 4 is 34.2 Å². The first-order valence-electron chi connectivity index (χ1n) is 8.32. The Labute approximate surface area is 161 Å². The Bertz CT molecular complexity index is 927. The summed E-state index contributed by atoms with van der Waals surface area (Å²) in [6, 6.07) is 5.87. The van der Waals surface area contributed by atoms with Crippen molar-refractivity contribution in [1.82, 2.24) is 0 Å². The average molecular weight is 386 g/mol. The molecule has 2 aromatic rings. The van der Waals surface area contributed by atoms with E-state index in [9.17, 15) is 19.5 Å². The van der Waals surface area contributed by atoms with Crippen LogP contribution in [0.25, 0.3) is 11.1 Å². The van der Waals surface area contributed by atoms with Gasteiger partial charge in [-0.25, -0.2) is 4.79 Å². The predicted molar refractivity (Wildman–Crippen MR) is 103 cm³/mol. The van der Waals surface area contributed by atoms with Crippen LogP contribution >= 0.6 is 11.3 Å². The molecule has 6 nitrogen and oxygen atoms in total. The highest BCUT2D eigenvalue weighted by molar-refractivity contribution is 7.17. The Kier molecular flexibility index (Phi) is 6.52. The molecule has 0 saturated heterocycles. The fourth-order valence-corrected chi connectivity index (χ4v) is 3.64. The Morgan fingerprint density at radius 1 is 1.15 bits per heavy atom. The highest BCUT2D eigenvalue weighted by Crippen LogP contribution is 2.40. The van der Waals surface area contributed by atoms with Crippen molar-refractivity contribution < 1.29 is 24.2 Å². The lowest BCUT2D eigenvalue weighted by Crippen LogP contribution is -2.20. The molecule has 0 radical (unpaired) electrons. The van der Waals surface area contributed by atoms with Gasteiger partial charge in [0.15, 0.2) is 0 Å². The third-order valence-corrected chi connectivity index (χ3v) is 4.99. The maximum absolute atomic E-state index is 12.6. The van der Waals surface area contributed by atoms with Gasteiger partial charge in [0.25, 0.3) is 0 Å². The van der Waals surface area contributed by atoms with Crippen molar-refractivity contribution in [3.05, 3.63) is 51.9 Å². The Morgan fingerprint density at radius 2 is 1.85 bits per heavy atom. The minimum atomic E-state index is -1.48. The summed E-state index contributed by atoms with van der Waals surface area (Å²) in [5.41, 5.74) is 4.01. The molecule has 0 aliphatic heterocycles. The lowest BCUT2D eigenvalue weighted by molar-refractivity contribution is -0.297. The molecule has 27 heavy (non-hydrogen) atoms. The SMILES string of the molecule is CCOC(=O)c1c(NC(=O)/C=C/C(=O)[O-])sc(C)c1-c1ccc(C)c(C)c1. The summed E-state index contributed by atoms with van der Waals surface area (Å²) < 4.78 is 5.17. The molecule has 1 N–H and O–H groups in total. The fraction of sp³-hybridized carbons (Fsp3) is 0.250. The van der Waals surface area contributed by atoms with Gasteiger partial charge in [-0.1, -0.05) is 18.2 Å². The molecule has 1 aromatic carbocycles. The number of hydrogen-bond donors (Lipinski definition) is 1. The summed E-state index contributed by atoms with van der Waals surface area (Å²) in [7, 11) is 0. The summed E-state index contributed by atoms with van der Waals surface area (Å²) >= 11 is 1.23. The molecule has 0 aliphatic rings. The van der Waals surface area contributed by atoms with Crippen molar-refractivity contribution in [3.8, 4) is 11.1 Å². The Balaban J connectivity index is 2.55. The topological polar surface area (TPSA) is 95.5 Å². The second kappa shape index (κ2) is 8.64. The number of carboxylic acids is 1. The third-order valence-electron chi connectivity index (χ3n) is 3.97. The second-order valence-corrected chi connectivity index (χ2v) is 7.12. The first-order chi connectivity index (χ1) is 12.7. The van der Waals surface area contributed by atoms with Crippen LogP contribution in [0, 0.1) is 20.8 Å². The standard InChI is InChI=1S/C20H21NO5S/c1-5-26-20(25)18-17(14-7-6-11(2)12(3)10-14)13(4)27-19(18)21-15(22)8-9-16(23)24/h6-10H,5H2,1-4H3,(H,21,22)(H,23,24)/p-1/b9-8+. The van der Waals surface area contributed by atoms with E-state index in [4.69, 9.17) is 4.74 Å². The largest absolute Gasteiger partial charge is 0.545 e. The molecule has 2 rings (SSSR count). The van der Waals surface area contributed by atoms with Gasteiger partial charge in [-0.15, -0.1) is 11.3 Å². The number of amides is 1. The molecule has 0 bridgehead atoms. The van der Waals surface area contributed by atoms with E-state index in [0.29, 0.717) is 16.6 Å². The number of rotatable bonds is 6. The summed E-state index contributed by atoms with van der Waals surface area (Å²) in [6.07, 6.45) is 1.47. The van der Waals surface area contributed by atoms with Crippen molar-refractivity contribution in [3.63, 3.8) is 0 Å². The number of thiophene rings is 1. The monoisotopic (exact) mass is 386 g/mol. The first-order valence-corrected chi connectivity index (χ1v) is 9.14. The predicted octanol–water partition coefficient (Wildman–Crippen LogP) is 2.76. The number of carboxylic acid groups (broad SMARTS) is 1. The third kappa shape index (κ3) is 4.83. The molecule has 0 unspecified atom stereocenters. The molecule has 1 amide bonds. The molecule has 0 aliphatic carbocycles. The summed E-state index contributed by atoms with van der Waals surface area (Å²) in [6.45, 7) is 7.73. The van der Waals surface area contributed by atoms with Crippen molar-refractivity contribution in [2.45, 2.75) is 27.7 Å². The molecular weight excluding hydrogens is 366 g/mol. The van der Waals surface area contributed by atoms with Gasteiger partial charge in [0, 0.05) is 16.5 Å². The van der Waals surface area contributed by atoms with Crippen LogP contribution < -0.4 is 10.4 Å². The van der Waals surface area contributed by atoms with Crippen LogP contribution in [0.15, 0.2) is 30.4 Å². The summed E-state index contributed by atoms with van der Waals surface area (Å²) in [5.74, 6) is -2.69. The van der Waals surface area contributed by atoms with E-state index in [1.54, 1.807) is 6.92 Å². The van der Waals surface area contributed by atoms with Crippen molar-refractivity contribution in [1.29, 1.82) is 0 Å². The number of esters is 1. The van der Waals surface area contributed by atoms with Crippen LogP contribution in [0.5, 0.6) is 0 Å². The number of ether oxygens (including phenoxy) is 1. The van der Waals surface area contributed by atoms with Crippen LogP contribution in [0.2, 0.25) is 0 Å². The number of benzene rings is 1. The molecule has 1 aromatic heterocycles.